The molecule has 0 saturated carbocycles. The number of hydrogen-bond donors (Lipinski definition) is 1. The molecular formula is C14H23N3O2. The predicted molar refractivity (Wildman–Crippen MR) is 73.2 cm³/mol. The summed E-state index contributed by atoms with van der Waals surface area (Å²) >= 11 is 0. The standard InChI is InChI=1S/C14H23N3O2/c1-5-10(2)16-7-13(6-15)14(18)17-8-11(3)19-12(4)9-17/h7,10-12,16H,5,8-9H2,1-4H3/b13-7-. The van der Waals surface area contributed by atoms with Crippen LogP contribution in [0.5, 0.6) is 0 Å². The minimum Gasteiger partial charge on any atom is -0.387 e. The van der Waals surface area contributed by atoms with Crippen molar-refractivity contribution in [2.24, 2.45) is 0 Å². The Hall–Kier alpha value is -1.54. The molecule has 1 rings (SSSR count). The number of nitrogens with zero attached hydrogens (tertiary/aromatic N) is 2. The van der Waals surface area contributed by atoms with Gasteiger partial charge in [-0.2, -0.15) is 5.26 Å². The van der Waals surface area contributed by atoms with Crippen LogP contribution in [0.15, 0.2) is 11.8 Å². The van der Waals surface area contributed by atoms with E-state index < -0.39 is 0 Å². The Bertz CT molecular complexity index is 377. The van der Waals surface area contributed by atoms with Crippen molar-refractivity contribution in [3.05, 3.63) is 11.8 Å². The summed E-state index contributed by atoms with van der Waals surface area (Å²) in [6.45, 7) is 8.99. The zero-order valence-corrected chi connectivity index (χ0v) is 12.1. The quantitative estimate of drug-likeness (QED) is 0.616. The molecule has 1 heterocycles. The summed E-state index contributed by atoms with van der Waals surface area (Å²) in [6, 6.07) is 2.22. The summed E-state index contributed by atoms with van der Waals surface area (Å²) < 4.78 is 5.58. The summed E-state index contributed by atoms with van der Waals surface area (Å²) in [5, 5.41) is 12.2. The normalized spacial score (nSPS) is 25.6. The lowest BCUT2D eigenvalue weighted by Gasteiger charge is -2.35. The molecule has 0 radical (unpaired) electrons. The SMILES string of the molecule is CCC(C)N/C=C(/C#N)C(=O)N1CC(C)OC(C)C1. The van der Waals surface area contributed by atoms with Gasteiger partial charge in [0.05, 0.1) is 12.2 Å². The first-order valence-electron chi connectivity index (χ1n) is 6.79. The fourth-order valence-electron chi connectivity index (χ4n) is 2.00. The number of hydrogen-bond acceptors (Lipinski definition) is 4. The summed E-state index contributed by atoms with van der Waals surface area (Å²) in [7, 11) is 0. The van der Waals surface area contributed by atoms with Crippen LogP contribution in [0, 0.1) is 11.3 Å². The molecule has 1 N–H and O–H groups in total. The molecule has 1 aliphatic heterocycles. The first-order valence-corrected chi connectivity index (χ1v) is 6.79. The summed E-state index contributed by atoms with van der Waals surface area (Å²) in [5.41, 5.74) is 0.154. The smallest absolute Gasteiger partial charge is 0.266 e. The third-order valence-electron chi connectivity index (χ3n) is 3.18. The lowest BCUT2D eigenvalue weighted by Crippen LogP contribution is -2.48. The van der Waals surface area contributed by atoms with E-state index in [0.717, 1.165) is 6.42 Å². The Kier molecular flexibility index (Phi) is 5.84. The van der Waals surface area contributed by atoms with E-state index in [4.69, 9.17) is 10.00 Å². The van der Waals surface area contributed by atoms with Gasteiger partial charge in [-0.05, 0) is 27.2 Å². The van der Waals surface area contributed by atoms with Gasteiger partial charge in [-0.3, -0.25) is 4.79 Å². The Morgan fingerprint density at radius 3 is 2.58 bits per heavy atom. The minimum absolute atomic E-state index is 0.00941. The number of carbonyl (C=O) groups is 1. The van der Waals surface area contributed by atoms with Gasteiger partial charge >= 0.3 is 0 Å². The maximum absolute atomic E-state index is 12.3. The largest absolute Gasteiger partial charge is 0.387 e. The van der Waals surface area contributed by atoms with E-state index in [2.05, 4.69) is 5.32 Å². The third kappa shape index (κ3) is 4.56. The first-order chi connectivity index (χ1) is 8.97. The van der Waals surface area contributed by atoms with Crippen LogP contribution in [0.3, 0.4) is 0 Å². The number of amides is 1. The highest BCUT2D eigenvalue weighted by Crippen LogP contribution is 2.13. The molecule has 3 unspecified atom stereocenters. The van der Waals surface area contributed by atoms with Crippen LogP contribution in [0.1, 0.15) is 34.1 Å². The average molecular weight is 265 g/mol. The first kappa shape index (κ1) is 15.5. The lowest BCUT2D eigenvalue weighted by molar-refractivity contribution is -0.138. The number of ether oxygens (including phenoxy) is 1. The van der Waals surface area contributed by atoms with Crippen LogP contribution in [0.2, 0.25) is 0 Å². The lowest BCUT2D eigenvalue weighted by atomic mass is 10.2. The number of rotatable bonds is 4. The van der Waals surface area contributed by atoms with Crippen molar-refractivity contribution >= 4 is 5.91 Å². The number of nitrogens with one attached hydrogen (secondary N) is 1. The zero-order chi connectivity index (χ0) is 14.4. The van der Waals surface area contributed by atoms with Crippen molar-refractivity contribution < 1.29 is 9.53 Å². The van der Waals surface area contributed by atoms with Gasteiger partial charge in [0, 0.05) is 25.3 Å². The second-order valence-electron chi connectivity index (χ2n) is 5.11. The molecule has 1 saturated heterocycles. The molecule has 1 aliphatic rings. The molecule has 19 heavy (non-hydrogen) atoms. The van der Waals surface area contributed by atoms with Crippen LogP contribution in [0.25, 0.3) is 0 Å². The maximum Gasteiger partial charge on any atom is 0.266 e. The molecule has 0 aromatic carbocycles. The fraction of sp³-hybridized carbons (Fsp3) is 0.714. The molecule has 0 bridgehead atoms. The second-order valence-corrected chi connectivity index (χ2v) is 5.11. The summed E-state index contributed by atoms with van der Waals surface area (Å²) in [6.07, 6.45) is 2.49. The van der Waals surface area contributed by atoms with Crippen LogP contribution < -0.4 is 5.32 Å². The Balaban J connectivity index is 2.70. The van der Waals surface area contributed by atoms with Crippen molar-refractivity contribution in [2.45, 2.75) is 52.4 Å². The highest BCUT2D eigenvalue weighted by molar-refractivity contribution is 5.97. The van der Waals surface area contributed by atoms with Crippen LogP contribution in [-0.2, 0) is 9.53 Å². The molecule has 0 aromatic heterocycles. The van der Waals surface area contributed by atoms with Crippen molar-refractivity contribution in [2.75, 3.05) is 13.1 Å². The number of morpholine rings is 1. The maximum atomic E-state index is 12.3. The molecule has 0 spiro atoms. The monoisotopic (exact) mass is 265 g/mol. The molecule has 3 atom stereocenters. The van der Waals surface area contributed by atoms with E-state index in [1.165, 1.54) is 6.20 Å². The van der Waals surface area contributed by atoms with Crippen molar-refractivity contribution in [3.8, 4) is 6.07 Å². The average Bonchev–Trinajstić information content (AvgIpc) is 2.37. The fourth-order valence-corrected chi connectivity index (χ4v) is 2.00. The van der Waals surface area contributed by atoms with E-state index in [1.54, 1.807) is 4.90 Å². The third-order valence-corrected chi connectivity index (χ3v) is 3.18. The number of nitriles is 1. The molecule has 1 fully saturated rings. The molecule has 0 aliphatic carbocycles. The van der Waals surface area contributed by atoms with E-state index in [9.17, 15) is 4.79 Å². The molecule has 5 heteroatoms. The molecular weight excluding hydrogens is 242 g/mol. The van der Waals surface area contributed by atoms with Crippen LogP contribution in [0.4, 0.5) is 0 Å². The second kappa shape index (κ2) is 7.15. The van der Waals surface area contributed by atoms with Crippen LogP contribution >= 0.6 is 0 Å². The Labute approximate surface area is 115 Å². The topological polar surface area (TPSA) is 65.4 Å². The molecule has 106 valence electrons. The highest BCUT2D eigenvalue weighted by atomic mass is 16.5. The minimum atomic E-state index is -0.222. The van der Waals surface area contributed by atoms with Gasteiger partial charge in [-0.25, -0.2) is 0 Å². The molecule has 1 amide bonds. The van der Waals surface area contributed by atoms with Gasteiger partial charge in [0.2, 0.25) is 0 Å². The molecule has 0 aromatic rings. The van der Waals surface area contributed by atoms with E-state index in [-0.39, 0.29) is 29.7 Å². The Morgan fingerprint density at radius 1 is 1.53 bits per heavy atom. The zero-order valence-electron chi connectivity index (χ0n) is 12.1. The predicted octanol–water partition coefficient (Wildman–Crippen LogP) is 1.42. The van der Waals surface area contributed by atoms with Gasteiger partial charge in [0.25, 0.3) is 5.91 Å². The highest BCUT2D eigenvalue weighted by Gasteiger charge is 2.27. The van der Waals surface area contributed by atoms with E-state index in [0.29, 0.717) is 13.1 Å². The number of carbonyl (C=O) groups excluding carboxylic acids is 1. The van der Waals surface area contributed by atoms with Gasteiger partial charge in [0.1, 0.15) is 11.6 Å². The van der Waals surface area contributed by atoms with Gasteiger partial charge in [-0.15, -0.1) is 0 Å². The summed E-state index contributed by atoms with van der Waals surface area (Å²) in [4.78, 5) is 13.9. The Morgan fingerprint density at radius 2 is 2.11 bits per heavy atom. The van der Waals surface area contributed by atoms with Crippen molar-refractivity contribution in [3.63, 3.8) is 0 Å². The van der Waals surface area contributed by atoms with Crippen LogP contribution in [-0.4, -0.2) is 42.1 Å². The van der Waals surface area contributed by atoms with Gasteiger partial charge in [-0.1, -0.05) is 6.92 Å². The van der Waals surface area contributed by atoms with Crippen molar-refractivity contribution in [1.82, 2.24) is 10.2 Å². The van der Waals surface area contributed by atoms with Gasteiger partial charge < -0.3 is 15.0 Å². The molecule has 5 nitrogen and oxygen atoms in total. The van der Waals surface area contributed by atoms with Gasteiger partial charge in [0.15, 0.2) is 0 Å². The van der Waals surface area contributed by atoms with E-state index >= 15 is 0 Å². The summed E-state index contributed by atoms with van der Waals surface area (Å²) in [5.74, 6) is -0.222. The van der Waals surface area contributed by atoms with Crippen molar-refractivity contribution in [1.29, 1.82) is 5.26 Å². The van der Waals surface area contributed by atoms with E-state index in [1.807, 2.05) is 33.8 Å².